The molecule has 4 aromatic rings. The Morgan fingerprint density at radius 3 is 2.56 bits per heavy atom. The van der Waals surface area contributed by atoms with Gasteiger partial charge in [-0.05, 0) is 12.1 Å². The minimum atomic E-state index is -0.213. The van der Waals surface area contributed by atoms with E-state index in [1.807, 2.05) is 60.0 Å². The van der Waals surface area contributed by atoms with E-state index in [-0.39, 0.29) is 5.91 Å². The largest absolute Gasteiger partial charge is 0.321 e. The van der Waals surface area contributed by atoms with Crippen LogP contribution in [0, 0.1) is 0 Å². The maximum absolute atomic E-state index is 12.5. The van der Waals surface area contributed by atoms with Gasteiger partial charge in [0.1, 0.15) is 15.7 Å². The molecule has 25 heavy (non-hydrogen) atoms. The number of rotatable bonds is 4. The third-order valence-corrected chi connectivity index (χ3v) is 5.27. The van der Waals surface area contributed by atoms with Crippen molar-refractivity contribution in [3.63, 3.8) is 0 Å². The number of amides is 1. The van der Waals surface area contributed by atoms with Gasteiger partial charge in [-0.25, -0.2) is 9.97 Å². The Hall–Kier alpha value is -2.83. The standard InChI is InChI=1S/C19H13N3OS2/c23-17(16-12-25-19(22-16)13-5-2-1-3-6-13)21-15-8-4-7-14(11-15)18-20-9-10-24-18/h1-12H,(H,21,23). The monoisotopic (exact) mass is 363 g/mol. The lowest BCUT2D eigenvalue weighted by atomic mass is 10.2. The molecule has 0 spiro atoms. The zero-order valence-electron chi connectivity index (χ0n) is 13.0. The van der Waals surface area contributed by atoms with Gasteiger partial charge < -0.3 is 5.32 Å². The number of hydrogen-bond acceptors (Lipinski definition) is 5. The highest BCUT2D eigenvalue weighted by molar-refractivity contribution is 7.13. The van der Waals surface area contributed by atoms with Gasteiger partial charge in [0.15, 0.2) is 0 Å². The SMILES string of the molecule is O=C(Nc1cccc(-c2nccs2)c1)c1csc(-c2ccccc2)n1. The van der Waals surface area contributed by atoms with Gasteiger partial charge in [0.25, 0.3) is 5.91 Å². The molecule has 0 aliphatic heterocycles. The van der Waals surface area contributed by atoms with E-state index in [2.05, 4.69) is 15.3 Å². The fourth-order valence-corrected chi connectivity index (χ4v) is 3.82. The second kappa shape index (κ2) is 6.96. The van der Waals surface area contributed by atoms with Crippen LogP contribution < -0.4 is 5.32 Å². The van der Waals surface area contributed by atoms with Gasteiger partial charge in [0, 0.05) is 33.8 Å². The van der Waals surface area contributed by atoms with E-state index < -0.39 is 0 Å². The number of carbonyl (C=O) groups is 1. The highest BCUT2D eigenvalue weighted by Gasteiger charge is 2.12. The van der Waals surface area contributed by atoms with Crippen LogP contribution in [0.3, 0.4) is 0 Å². The molecule has 4 rings (SSSR count). The molecule has 1 amide bonds. The number of thiazole rings is 2. The summed E-state index contributed by atoms with van der Waals surface area (Å²) in [6, 6.07) is 17.5. The van der Waals surface area contributed by atoms with Crippen LogP contribution in [-0.2, 0) is 0 Å². The van der Waals surface area contributed by atoms with Gasteiger partial charge in [0.05, 0.1) is 0 Å². The van der Waals surface area contributed by atoms with Crippen LogP contribution in [0.1, 0.15) is 10.5 Å². The lowest BCUT2D eigenvalue weighted by molar-refractivity contribution is 0.102. The molecule has 4 nitrogen and oxygen atoms in total. The van der Waals surface area contributed by atoms with Crippen LogP contribution in [-0.4, -0.2) is 15.9 Å². The number of nitrogens with zero attached hydrogens (tertiary/aromatic N) is 2. The summed E-state index contributed by atoms with van der Waals surface area (Å²) >= 11 is 3.03. The maximum atomic E-state index is 12.5. The molecule has 0 saturated carbocycles. The summed E-state index contributed by atoms with van der Waals surface area (Å²) in [4.78, 5) is 21.2. The fraction of sp³-hybridized carbons (Fsp3) is 0. The highest BCUT2D eigenvalue weighted by Crippen LogP contribution is 2.26. The zero-order valence-corrected chi connectivity index (χ0v) is 14.7. The highest BCUT2D eigenvalue weighted by atomic mass is 32.1. The van der Waals surface area contributed by atoms with Gasteiger partial charge in [-0.3, -0.25) is 4.79 Å². The van der Waals surface area contributed by atoms with E-state index >= 15 is 0 Å². The van der Waals surface area contributed by atoms with Gasteiger partial charge in [0.2, 0.25) is 0 Å². The van der Waals surface area contributed by atoms with Gasteiger partial charge in [-0.1, -0.05) is 42.5 Å². The van der Waals surface area contributed by atoms with E-state index in [1.54, 1.807) is 22.9 Å². The molecular formula is C19H13N3OS2. The van der Waals surface area contributed by atoms with Crippen molar-refractivity contribution in [2.24, 2.45) is 0 Å². The molecule has 0 fully saturated rings. The van der Waals surface area contributed by atoms with E-state index in [0.29, 0.717) is 5.69 Å². The lowest BCUT2D eigenvalue weighted by Gasteiger charge is -2.05. The molecular weight excluding hydrogens is 350 g/mol. The van der Waals surface area contributed by atoms with Crippen LogP contribution in [0.2, 0.25) is 0 Å². The Morgan fingerprint density at radius 1 is 0.920 bits per heavy atom. The molecule has 122 valence electrons. The third-order valence-electron chi connectivity index (χ3n) is 3.56. The van der Waals surface area contributed by atoms with Crippen molar-refractivity contribution >= 4 is 34.3 Å². The molecule has 0 bridgehead atoms. The molecule has 0 unspecified atom stereocenters. The third kappa shape index (κ3) is 3.50. The summed E-state index contributed by atoms with van der Waals surface area (Å²) in [5.41, 5.74) is 3.14. The van der Waals surface area contributed by atoms with Crippen LogP contribution in [0.5, 0.6) is 0 Å². The van der Waals surface area contributed by atoms with Crippen molar-refractivity contribution in [1.29, 1.82) is 0 Å². The van der Waals surface area contributed by atoms with Crippen molar-refractivity contribution in [1.82, 2.24) is 9.97 Å². The predicted octanol–water partition coefficient (Wildman–Crippen LogP) is 5.19. The van der Waals surface area contributed by atoms with Gasteiger partial charge in [-0.2, -0.15) is 0 Å². The first-order valence-corrected chi connectivity index (χ1v) is 9.38. The molecule has 0 aliphatic rings. The first kappa shape index (κ1) is 15.7. The molecule has 0 atom stereocenters. The molecule has 0 radical (unpaired) electrons. The molecule has 6 heteroatoms. The maximum Gasteiger partial charge on any atom is 0.275 e. The Bertz CT molecular complexity index is 994. The van der Waals surface area contributed by atoms with Gasteiger partial charge >= 0.3 is 0 Å². The van der Waals surface area contributed by atoms with E-state index in [4.69, 9.17) is 0 Å². The van der Waals surface area contributed by atoms with E-state index in [1.165, 1.54) is 11.3 Å². The molecule has 2 aromatic carbocycles. The second-order valence-corrected chi connectivity index (χ2v) is 7.03. The summed E-state index contributed by atoms with van der Waals surface area (Å²) in [7, 11) is 0. The van der Waals surface area contributed by atoms with Crippen LogP contribution >= 0.6 is 22.7 Å². The van der Waals surface area contributed by atoms with Crippen LogP contribution in [0.25, 0.3) is 21.1 Å². The van der Waals surface area contributed by atoms with E-state index in [9.17, 15) is 4.79 Å². The minimum absolute atomic E-state index is 0.213. The fourth-order valence-electron chi connectivity index (χ4n) is 2.38. The molecule has 0 saturated heterocycles. The summed E-state index contributed by atoms with van der Waals surface area (Å²) in [5.74, 6) is -0.213. The second-order valence-electron chi connectivity index (χ2n) is 5.28. The number of carbonyl (C=O) groups excluding carboxylic acids is 1. The van der Waals surface area contributed by atoms with Crippen molar-refractivity contribution in [2.45, 2.75) is 0 Å². The zero-order chi connectivity index (χ0) is 17.1. The van der Waals surface area contributed by atoms with Crippen LogP contribution in [0.4, 0.5) is 5.69 Å². The Morgan fingerprint density at radius 2 is 1.76 bits per heavy atom. The predicted molar refractivity (Wildman–Crippen MR) is 103 cm³/mol. The van der Waals surface area contributed by atoms with Crippen molar-refractivity contribution in [3.8, 4) is 21.1 Å². The number of anilines is 1. The molecule has 0 aliphatic carbocycles. The van der Waals surface area contributed by atoms with Crippen molar-refractivity contribution in [3.05, 3.63) is 77.2 Å². The number of aromatic nitrogens is 2. The first-order valence-electron chi connectivity index (χ1n) is 7.62. The van der Waals surface area contributed by atoms with Gasteiger partial charge in [-0.15, -0.1) is 22.7 Å². The van der Waals surface area contributed by atoms with Crippen LogP contribution in [0.15, 0.2) is 71.6 Å². The lowest BCUT2D eigenvalue weighted by Crippen LogP contribution is -2.12. The Labute approximate surface area is 152 Å². The Balaban J connectivity index is 1.53. The topological polar surface area (TPSA) is 54.9 Å². The minimum Gasteiger partial charge on any atom is -0.321 e. The average molecular weight is 363 g/mol. The summed E-state index contributed by atoms with van der Waals surface area (Å²) in [6.45, 7) is 0. The summed E-state index contributed by atoms with van der Waals surface area (Å²) < 4.78 is 0. The molecule has 2 heterocycles. The van der Waals surface area contributed by atoms with E-state index in [0.717, 1.165) is 26.8 Å². The molecule has 1 N–H and O–H groups in total. The number of hydrogen-bond donors (Lipinski definition) is 1. The van der Waals surface area contributed by atoms with Crippen molar-refractivity contribution in [2.75, 3.05) is 5.32 Å². The molecule has 2 aromatic heterocycles. The number of benzene rings is 2. The Kier molecular flexibility index (Phi) is 4.37. The van der Waals surface area contributed by atoms with Crippen molar-refractivity contribution < 1.29 is 4.79 Å². The normalized spacial score (nSPS) is 10.6. The smallest absolute Gasteiger partial charge is 0.275 e. The number of nitrogens with one attached hydrogen (secondary N) is 1. The summed E-state index contributed by atoms with van der Waals surface area (Å²) in [5, 5.41) is 8.38. The summed E-state index contributed by atoms with van der Waals surface area (Å²) in [6.07, 6.45) is 1.77. The quantitative estimate of drug-likeness (QED) is 0.543. The average Bonchev–Trinajstić information content (AvgIpc) is 3.35. The first-order chi connectivity index (χ1) is 12.3.